The molecule has 1 fully saturated rings. The maximum atomic E-state index is 12.8. The first-order valence-electron chi connectivity index (χ1n) is 8.84. The van der Waals surface area contributed by atoms with Gasteiger partial charge in [-0.2, -0.15) is 0 Å². The van der Waals surface area contributed by atoms with Gasteiger partial charge in [0.1, 0.15) is 11.5 Å². The minimum Gasteiger partial charge on any atom is -0.497 e. The highest BCUT2D eigenvalue weighted by molar-refractivity contribution is 6.04. The second kappa shape index (κ2) is 7.70. The minimum atomic E-state index is -0.424. The lowest BCUT2D eigenvalue weighted by molar-refractivity contribution is -0.122. The van der Waals surface area contributed by atoms with E-state index in [1.165, 1.54) is 0 Å². The van der Waals surface area contributed by atoms with Crippen LogP contribution in [0.15, 0.2) is 36.4 Å². The summed E-state index contributed by atoms with van der Waals surface area (Å²) in [4.78, 5) is 27.1. The Morgan fingerprint density at radius 2 is 1.81 bits per heavy atom. The van der Waals surface area contributed by atoms with Crippen LogP contribution in [0.4, 0.5) is 11.4 Å². The van der Waals surface area contributed by atoms with Crippen LogP contribution in [-0.2, 0) is 9.59 Å². The number of aryl methyl sites for hydroxylation is 2. The first-order valence-corrected chi connectivity index (χ1v) is 8.84. The van der Waals surface area contributed by atoms with Gasteiger partial charge >= 0.3 is 0 Å². The van der Waals surface area contributed by atoms with Gasteiger partial charge in [0, 0.05) is 24.7 Å². The Morgan fingerprint density at radius 3 is 2.44 bits per heavy atom. The lowest BCUT2D eigenvalue weighted by atomic mass is 10.1. The standard InChI is InChI=1S/C21H24N2O4/c1-13-6-5-7-14(2)20(13)23-12-15(10-19(23)24)21(25)22-17-11-16(26-3)8-9-18(17)27-4/h5-9,11,15H,10,12H2,1-4H3,(H,22,25)/t15-/m1/s1. The van der Waals surface area contributed by atoms with E-state index in [0.29, 0.717) is 23.7 Å². The fourth-order valence-corrected chi connectivity index (χ4v) is 3.48. The average molecular weight is 368 g/mol. The molecule has 2 aromatic rings. The Balaban J connectivity index is 1.79. The lowest BCUT2D eigenvalue weighted by Crippen LogP contribution is -2.29. The van der Waals surface area contributed by atoms with Crippen LogP contribution in [0.5, 0.6) is 11.5 Å². The van der Waals surface area contributed by atoms with E-state index in [1.807, 2.05) is 32.0 Å². The number of anilines is 2. The molecule has 1 atom stereocenters. The number of carbonyl (C=O) groups excluding carboxylic acids is 2. The number of hydrogen-bond donors (Lipinski definition) is 1. The van der Waals surface area contributed by atoms with Gasteiger partial charge in [-0.15, -0.1) is 0 Å². The van der Waals surface area contributed by atoms with Crippen LogP contribution >= 0.6 is 0 Å². The molecule has 0 bridgehead atoms. The van der Waals surface area contributed by atoms with Crippen LogP contribution < -0.4 is 19.7 Å². The molecule has 27 heavy (non-hydrogen) atoms. The number of para-hydroxylation sites is 1. The predicted molar refractivity (Wildman–Crippen MR) is 105 cm³/mol. The van der Waals surface area contributed by atoms with Crippen molar-refractivity contribution >= 4 is 23.2 Å². The van der Waals surface area contributed by atoms with Gasteiger partial charge in [0.25, 0.3) is 0 Å². The minimum absolute atomic E-state index is 0.0369. The molecule has 1 saturated heterocycles. The molecule has 2 aromatic carbocycles. The first kappa shape index (κ1) is 18.8. The molecule has 0 radical (unpaired) electrons. The zero-order valence-electron chi connectivity index (χ0n) is 16.0. The summed E-state index contributed by atoms with van der Waals surface area (Å²) in [5, 5.41) is 2.88. The normalized spacial score (nSPS) is 16.4. The number of carbonyl (C=O) groups is 2. The number of methoxy groups -OCH3 is 2. The van der Waals surface area contributed by atoms with Crippen molar-refractivity contribution in [1.29, 1.82) is 0 Å². The summed E-state index contributed by atoms with van der Waals surface area (Å²) >= 11 is 0. The second-order valence-electron chi connectivity index (χ2n) is 6.70. The summed E-state index contributed by atoms with van der Waals surface area (Å²) < 4.78 is 10.5. The fraction of sp³-hybridized carbons (Fsp3) is 0.333. The highest BCUT2D eigenvalue weighted by Crippen LogP contribution is 2.33. The molecule has 0 spiro atoms. The molecule has 1 heterocycles. The molecule has 0 unspecified atom stereocenters. The van der Waals surface area contributed by atoms with E-state index in [4.69, 9.17) is 9.47 Å². The Labute approximate surface area is 159 Å². The highest BCUT2D eigenvalue weighted by Gasteiger charge is 2.36. The van der Waals surface area contributed by atoms with E-state index < -0.39 is 5.92 Å². The van der Waals surface area contributed by atoms with Gasteiger partial charge in [-0.3, -0.25) is 9.59 Å². The number of nitrogens with zero attached hydrogens (tertiary/aromatic N) is 1. The van der Waals surface area contributed by atoms with Crippen LogP contribution in [0.2, 0.25) is 0 Å². The number of rotatable bonds is 5. The molecule has 0 aliphatic carbocycles. The lowest BCUT2D eigenvalue weighted by Gasteiger charge is -2.21. The summed E-state index contributed by atoms with van der Waals surface area (Å²) in [6, 6.07) is 11.1. The summed E-state index contributed by atoms with van der Waals surface area (Å²) in [6.45, 7) is 4.32. The number of hydrogen-bond acceptors (Lipinski definition) is 4. The van der Waals surface area contributed by atoms with Crippen molar-refractivity contribution in [3.05, 3.63) is 47.5 Å². The van der Waals surface area contributed by atoms with Crippen LogP contribution in [-0.4, -0.2) is 32.6 Å². The largest absolute Gasteiger partial charge is 0.497 e. The van der Waals surface area contributed by atoms with Gasteiger partial charge in [-0.05, 0) is 37.1 Å². The third-order valence-electron chi connectivity index (χ3n) is 4.87. The first-order chi connectivity index (χ1) is 12.9. The van der Waals surface area contributed by atoms with Crippen LogP contribution in [0.1, 0.15) is 17.5 Å². The van der Waals surface area contributed by atoms with E-state index in [0.717, 1.165) is 16.8 Å². The smallest absolute Gasteiger partial charge is 0.229 e. The zero-order chi connectivity index (χ0) is 19.6. The van der Waals surface area contributed by atoms with E-state index in [9.17, 15) is 9.59 Å². The molecule has 142 valence electrons. The van der Waals surface area contributed by atoms with Gasteiger partial charge in [0.2, 0.25) is 11.8 Å². The summed E-state index contributed by atoms with van der Waals surface area (Å²) in [5.41, 5.74) is 3.48. The predicted octanol–water partition coefficient (Wildman–Crippen LogP) is 3.31. The number of amides is 2. The topological polar surface area (TPSA) is 67.9 Å². The van der Waals surface area contributed by atoms with Gasteiger partial charge in [-0.1, -0.05) is 18.2 Å². The quantitative estimate of drug-likeness (QED) is 0.879. The maximum Gasteiger partial charge on any atom is 0.229 e. The van der Waals surface area contributed by atoms with Gasteiger partial charge in [0.15, 0.2) is 0 Å². The Kier molecular flexibility index (Phi) is 5.35. The molecule has 3 rings (SSSR count). The molecule has 2 amide bonds. The summed E-state index contributed by atoms with van der Waals surface area (Å²) in [7, 11) is 3.10. The van der Waals surface area contributed by atoms with E-state index in [2.05, 4.69) is 5.32 Å². The molecule has 6 nitrogen and oxygen atoms in total. The number of ether oxygens (including phenoxy) is 2. The van der Waals surface area contributed by atoms with Crippen molar-refractivity contribution < 1.29 is 19.1 Å². The van der Waals surface area contributed by atoms with Gasteiger partial charge in [-0.25, -0.2) is 0 Å². The van der Waals surface area contributed by atoms with Crippen molar-refractivity contribution in [2.75, 3.05) is 31.0 Å². The van der Waals surface area contributed by atoms with Crippen LogP contribution in [0, 0.1) is 19.8 Å². The third-order valence-corrected chi connectivity index (χ3v) is 4.87. The zero-order valence-corrected chi connectivity index (χ0v) is 16.0. The summed E-state index contributed by atoms with van der Waals surface area (Å²) in [6.07, 6.45) is 0.186. The van der Waals surface area contributed by atoms with Crippen LogP contribution in [0.25, 0.3) is 0 Å². The molecular weight excluding hydrogens is 344 g/mol. The monoisotopic (exact) mass is 368 g/mol. The third kappa shape index (κ3) is 3.74. The fourth-order valence-electron chi connectivity index (χ4n) is 3.48. The van der Waals surface area contributed by atoms with Crippen molar-refractivity contribution in [2.45, 2.75) is 20.3 Å². The number of nitrogens with one attached hydrogen (secondary N) is 1. The number of benzene rings is 2. The molecule has 6 heteroatoms. The van der Waals surface area contributed by atoms with Gasteiger partial charge < -0.3 is 19.7 Å². The Morgan fingerprint density at radius 1 is 1.11 bits per heavy atom. The highest BCUT2D eigenvalue weighted by atomic mass is 16.5. The Hall–Kier alpha value is -3.02. The summed E-state index contributed by atoms with van der Waals surface area (Å²) in [5.74, 6) is 0.493. The van der Waals surface area contributed by atoms with Crippen LogP contribution in [0.3, 0.4) is 0 Å². The average Bonchev–Trinajstić information content (AvgIpc) is 3.03. The second-order valence-corrected chi connectivity index (χ2v) is 6.70. The van der Waals surface area contributed by atoms with Crippen molar-refractivity contribution in [3.8, 4) is 11.5 Å². The molecule has 1 aliphatic heterocycles. The molecule has 1 aliphatic rings. The SMILES string of the molecule is COc1ccc(OC)c(NC(=O)[C@@H]2CC(=O)N(c3c(C)cccc3C)C2)c1. The van der Waals surface area contributed by atoms with Crippen molar-refractivity contribution in [1.82, 2.24) is 0 Å². The Bertz CT molecular complexity index is 858. The molecule has 0 aromatic heterocycles. The van der Waals surface area contributed by atoms with Crippen molar-refractivity contribution in [2.24, 2.45) is 5.92 Å². The maximum absolute atomic E-state index is 12.8. The van der Waals surface area contributed by atoms with E-state index >= 15 is 0 Å². The van der Waals surface area contributed by atoms with Crippen molar-refractivity contribution in [3.63, 3.8) is 0 Å². The molecule has 0 saturated carbocycles. The van der Waals surface area contributed by atoms with E-state index in [-0.39, 0.29) is 18.2 Å². The van der Waals surface area contributed by atoms with E-state index in [1.54, 1.807) is 37.3 Å². The van der Waals surface area contributed by atoms with Gasteiger partial charge in [0.05, 0.1) is 25.8 Å². The molecular formula is C21H24N2O4. The molecule has 1 N–H and O–H groups in total.